The van der Waals surface area contributed by atoms with Crippen molar-refractivity contribution in [2.45, 2.75) is 39.2 Å². The van der Waals surface area contributed by atoms with Gasteiger partial charge in [0, 0.05) is 43.4 Å². The summed E-state index contributed by atoms with van der Waals surface area (Å²) in [7, 11) is 0. The molecule has 1 fully saturated rings. The maximum Gasteiger partial charge on any atom is 0.277 e. The predicted octanol–water partition coefficient (Wildman–Crippen LogP) is 3.59. The van der Waals surface area contributed by atoms with Crippen LogP contribution in [-0.2, 0) is 14.3 Å². The molecule has 0 spiro atoms. The first-order valence-electron chi connectivity index (χ1n) is 10.4. The number of piperidine rings is 1. The zero-order valence-electron chi connectivity index (χ0n) is 17.4. The van der Waals surface area contributed by atoms with E-state index >= 15 is 0 Å². The molecule has 2 aliphatic rings. The average molecular weight is 455 g/mol. The Balaban J connectivity index is 1.94. The van der Waals surface area contributed by atoms with E-state index in [0.717, 1.165) is 12.8 Å². The SMILES string of the molecule is CC(C)OCCCN1C(=O)C(c2ccc(Cl)cc2Cl)=C(N2CCCC(CO)C2)C1=O. The van der Waals surface area contributed by atoms with E-state index in [1.807, 2.05) is 18.7 Å². The maximum absolute atomic E-state index is 13.3. The number of amides is 2. The summed E-state index contributed by atoms with van der Waals surface area (Å²) < 4.78 is 5.55. The van der Waals surface area contributed by atoms with Crippen LogP contribution in [0.15, 0.2) is 23.9 Å². The van der Waals surface area contributed by atoms with Crippen LogP contribution in [0.3, 0.4) is 0 Å². The molecule has 2 heterocycles. The summed E-state index contributed by atoms with van der Waals surface area (Å²) >= 11 is 12.4. The smallest absolute Gasteiger partial charge is 0.277 e. The molecule has 3 rings (SSSR count). The van der Waals surface area contributed by atoms with Gasteiger partial charge in [0.05, 0.1) is 16.7 Å². The Bertz CT molecular complexity index is 840. The fourth-order valence-corrected chi connectivity index (χ4v) is 4.46. The first-order chi connectivity index (χ1) is 14.3. The van der Waals surface area contributed by atoms with E-state index in [0.29, 0.717) is 53.0 Å². The number of carbonyl (C=O) groups is 2. The molecule has 1 saturated heterocycles. The fraction of sp³-hybridized carbons (Fsp3) is 0.545. The van der Waals surface area contributed by atoms with Crippen LogP contribution in [0.5, 0.6) is 0 Å². The zero-order valence-corrected chi connectivity index (χ0v) is 18.9. The van der Waals surface area contributed by atoms with Crippen molar-refractivity contribution in [2.75, 3.05) is 32.8 Å². The van der Waals surface area contributed by atoms with Gasteiger partial charge in [0.2, 0.25) is 0 Å². The lowest BCUT2D eigenvalue weighted by Crippen LogP contribution is -2.41. The number of aliphatic hydroxyl groups is 1. The minimum atomic E-state index is -0.352. The number of nitrogens with zero attached hydrogens (tertiary/aromatic N) is 2. The molecule has 8 heteroatoms. The van der Waals surface area contributed by atoms with Crippen LogP contribution < -0.4 is 0 Å². The van der Waals surface area contributed by atoms with Crippen LogP contribution in [0, 0.1) is 5.92 Å². The van der Waals surface area contributed by atoms with Gasteiger partial charge < -0.3 is 14.7 Å². The minimum absolute atomic E-state index is 0.0548. The molecule has 0 saturated carbocycles. The third kappa shape index (κ3) is 4.99. The van der Waals surface area contributed by atoms with E-state index in [9.17, 15) is 14.7 Å². The van der Waals surface area contributed by atoms with Gasteiger partial charge >= 0.3 is 0 Å². The Hall–Kier alpha value is -1.60. The Kier molecular flexibility index (Phi) is 7.80. The largest absolute Gasteiger partial charge is 0.396 e. The molecule has 0 radical (unpaired) electrons. The molecule has 2 amide bonds. The van der Waals surface area contributed by atoms with E-state index < -0.39 is 0 Å². The van der Waals surface area contributed by atoms with Crippen LogP contribution in [0.2, 0.25) is 10.0 Å². The van der Waals surface area contributed by atoms with Gasteiger partial charge in [-0.05, 0) is 51.2 Å². The highest BCUT2D eigenvalue weighted by molar-refractivity contribution is 6.41. The third-order valence-electron chi connectivity index (χ3n) is 5.41. The second-order valence-electron chi connectivity index (χ2n) is 8.02. The summed E-state index contributed by atoms with van der Waals surface area (Å²) in [6.07, 6.45) is 2.40. The van der Waals surface area contributed by atoms with Gasteiger partial charge in [-0.25, -0.2) is 0 Å². The molecule has 1 unspecified atom stereocenters. The summed E-state index contributed by atoms with van der Waals surface area (Å²) in [5.74, 6) is -0.594. The van der Waals surface area contributed by atoms with Crippen LogP contribution in [0.4, 0.5) is 0 Å². The summed E-state index contributed by atoms with van der Waals surface area (Å²) in [5, 5.41) is 10.4. The molecule has 164 valence electrons. The Morgan fingerprint density at radius 2 is 2.00 bits per heavy atom. The van der Waals surface area contributed by atoms with Crippen molar-refractivity contribution in [1.82, 2.24) is 9.80 Å². The van der Waals surface area contributed by atoms with Gasteiger partial charge in [-0.1, -0.05) is 29.3 Å². The van der Waals surface area contributed by atoms with E-state index in [2.05, 4.69) is 0 Å². The molecule has 1 aromatic rings. The minimum Gasteiger partial charge on any atom is -0.396 e. The number of ether oxygens (including phenoxy) is 1. The molecule has 1 atom stereocenters. The topological polar surface area (TPSA) is 70.1 Å². The van der Waals surface area contributed by atoms with E-state index in [4.69, 9.17) is 27.9 Å². The van der Waals surface area contributed by atoms with Crippen molar-refractivity contribution in [3.8, 4) is 0 Å². The monoisotopic (exact) mass is 454 g/mol. The number of hydrogen-bond donors (Lipinski definition) is 1. The van der Waals surface area contributed by atoms with Crippen molar-refractivity contribution in [3.63, 3.8) is 0 Å². The Morgan fingerprint density at radius 1 is 1.23 bits per heavy atom. The van der Waals surface area contributed by atoms with Gasteiger partial charge in [-0.2, -0.15) is 0 Å². The van der Waals surface area contributed by atoms with E-state index in [1.165, 1.54) is 4.90 Å². The number of aliphatic hydroxyl groups excluding tert-OH is 1. The van der Waals surface area contributed by atoms with Crippen molar-refractivity contribution in [1.29, 1.82) is 0 Å². The molecule has 1 aromatic carbocycles. The highest BCUT2D eigenvalue weighted by Gasteiger charge is 2.42. The first-order valence-corrected chi connectivity index (χ1v) is 11.1. The Morgan fingerprint density at radius 3 is 2.67 bits per heavy atom. The van der Waals surface area contributed by atoms with Crippen molar-refractivity contribution in [2.24, 2.45) is 5.92 Å². The predicted molar refractivity (Wildman–Crippen MR) is 117 cm³/mol. The van der Waals surface area contributed by atoms with Gasteiger partial charge in [0.15, 0.2) is 0 Å². The van der Waals surface area contributed by atoms with Crippen LogP contribution in [0.1, 0.15) is 38.7 Å². The molecular formula is C22H28Cl2N2O4. The number of hydrogen-bond acceptors (Lipinski definition) is 5. The summed E-state index contributed by atoms with van der Waals surface area (Å²) in [5.41, 5.74) is 1.18. The number of halogens is 2. The van der Waals surface area contributed by atoms with E-state index in [1.54, 1.807) is 18.2 Å². The average Bonchev–Trinajstić information content (AvgIpc) is 2.95. The van der Waals surface area contributed by atoms with Crippen LogP contribution in [-0.4, -0.2) is 65.7 Å². The molecule has 0 bridgehead atoms. The Labute approximate surface area is 187 Å². The quantitative estimate of drug-likeness (QED) is 0.479. The maximum atomic E-state index is 13.3. The number of rotatable bonds is 8. The molecule has 30 heavy (non-hydrogen) atoms. The molecule has 0 aliphatic carbocycles. The number of likely N-dealkylation sites (tertiary alicyclic amines) is 1. The second kappa shape index (κ2) is 10.1. The third-order valence-corrected chi connectivity index (χ3v) is 5.96. The van der Waals surface area contributed by atoms with Gasteiger partial charge in [0.1, 0.15) is 5.70 Å². The molecule has 2 aliphatic heterocycles. The molecule has 6 nitrogen and oxygen atoms in total. The van der Waals surface area contributed by atoms with Gasteiger partial charge in [-0.3, -0.25) is 14.5 Å². The lowest BCUT2D eigenvalue weighted by molar-refractivity contribution is -0.138. The zero-order chi connectivity index (χ0) is 21.8. The second-order valence-corrected chi connectivity index (χ2v) is 8.86. The van der Waals surface area contributed by atoms with Gasteiger partial charge in [-0.15, -0.1) is 0 Å². The molecular weight excluding hydrogens is 427 g/mol. The standard InChI is InChI=1S/C22H28Cl2N2O4/c1-14(2)30-10-4-9-26-21(28)19(17-7-6-16(23)11-18(17)24)20(22(26)29)25-8-3-5-15(12-25)13-27/h6-7,11,14-15,27H,3-5,8-10,12-13H2,1-2H3. The van der Waals surface area contributed by atoms with Crippen molar-refractivity contribution in [3.05, 3.63) is 39.5 Å². The molecule has 0 aromatic heterocycles. The number of benzene rings is 1. The number of imide groups is 1. The fourth-order valence-electron chi connectivity index (χ4n) is 3.95. The highest BCUT2D eigenvalue weighted by atomic mass is 35.5. The van der Waals surface area contributed by atoms with Crippen LogP contribution in [0.25, 0.3) is 5.57 Å². The number of carbonyl (C=O) groups excluding carboxylic acids is 2. The van der Waals surface area contributed by atoms with Crippen molar-refractivity contribution < 1.29 is 19.4 Å². The van der Waals surface area contributed by atoms with Crippen molar-refractivity contribution >= 4 is 40.6 Å². The lowest BCUT2D eigenvalue weighted by atomic mass is 9.97. The van der Waals surface area contributed by atoms with E-state index in [-0.39, 0.29) is 37.0 Å². The highest BCUT2D eigenvalue weighted by Crippen LogP contribution is 2.37. The lowest BCUT2D eigenvalue weighted by Gasteiger charge is -2.34. The molecule has 1 N–H and O–H groups in total. The van der Waals surface area contributed by atoms with Gasteiger partial charge in [0.25, 0.3) is 11.8 Å². The summed E-state index contributed by atoms with van der Waals surface area (Å²) in [4.78, 5) is 29.9. The normalized spacial score (nSPS) is 20.1. The summed E-state index contributed by atoms with van der Waals surface area (Å²) in [6.45, 7) is 5.88. The first kappa shape index (κ1) is 23.1. The van der Waals surface area contributed by atoms with Crippen LogP contribution >= 0.6 is 23.2 Å². The summed E-state index contributed by atoms with van der Waals surface area (Å²) in [6, 6.07) is 4.92.